The summed E-state index contributed by atoms with van der Waals surface area (Å²) in [6.07, 6.45) is 2.42. The molecule has 0 spiro atoms. The molecule has 0 aliphatic carbocycles. The molecule has 2 aromatic carbocycles. The van der Waals surface area contributed by atoms with Crippen LogP contribution >= 0.6 is 11.6 Å². The van der Waals surface area contributed by atoms with E-state index in [0.717, 1.165) is 17.5 Å². The van der Waals surface area contributed by atoms with E-state index < -0.39 is 6.04 Å². The van der Waals surface area contributed by atoms with Crippen LogP contribution in [0.25, 0.3) is 0 Å². The third kappa shape index (κ3) is 7.67. The molecule has 174 valence electrons. The Morgan fingerprint density at radius 3 is 2.03 bits per heavy atom. The highest BCUT2D eigenvalue weighted by Gasteiger charge is 2.29. The smallest absolute Gasteiger partial charge is 0.243 e. The molecular weight excluding hydrogens is 420 g/mol. The minimum atomic E-state index is -0.504. The van der Waals surface area contributed by atoms with Gasteiger partial charge < -0.3 is 10.2 Å². The number of nitrogens with one attached hydrogen (secondary N) is 1. The molecule has 0 saturated carbocycles. The van der Waals surface area contributed by atoms with Crippen molar-refractivity contribution in [2.75, 3.05) is 0 Å². The Hall–Kier alpha value is -2.33. The van der Waals surface area contributed by atoms with E-state index in [1.165, 1.54) is 5.56 Å². The molecular formula is C27H37ClN2O2. The number of rotatable bonds is 11. The summed E-state index contributed by atoms with van der Waals surface area (Å²) in [7, 11) is 0. The van der Waals surface area contributed by atoms with Gasteiger partial charge in [0.15, 0.2) is 0 Å². The predicted molar refractivity (Wildman–Crippen MR) is 133 cm³/mol. The average Bonchev–Trinajstić information content (AvgIpc) is 2.78. The van der Waals surface area contributed by atoms with Gasteiger partial charge in [-0.1, -0.05) is 75.7 Å². The Bertz CT molecular complexity index is 862. The van der Waals surface area contributed by atoms with E-state index in [1.807, 2.05) is 45.0 Å². The predicted octanol–water partition coefficient (Wildman–Crippen LogP) is 6.12. The van der Waals surface area contributed by atoms with Crippen LogP contribution < -0.4 is 5.32 Å². The van der Waals surface area contributed by atoms with Crippen LogP contribution in [-0.2, 0) is 22.6 Å². The molecule has 0 saturated heterocycles. The van der Waals surface area contributed by atoms with E-state index in [-0.39, 0.29) is 17.9 Å². The highest BCUT2D eigenvalue weighted by atomic mass is 35.5. The summed E-state index contributed by atoms with van der Waals surface area (Å²) in [6.45, 7) is 10.7. The van der Waals surface area contributed by atoms with Crippen LogP contribution in [0, 0.1) is 0 Å². The van der Waals surface area contributed by atoms with E-state index in [1.54, 1.807) is 4.90 Å². The summed E-state index contributed by atoms with van der Waals surface area (Å²) >= 11 is 6.03. The number of hydrogen-bond donors (Lipinski definition) is 1. The van der Waals surface area contributed by atoms with Crippen molar-refractivity contribution in [2.24, 2.45) is 0 Å². The van der Waals surface area contributed by atoms with Crippen LogP contribution in [0.1, 0.15) is 76.5 Å². The second-order valence-electron chi connectivity index (χ2n) is 8.79. The van der Waals surface area contributed by atoms with Crippen molar-refractivity contribution in [3.05, 3.63) is 70.2 Å². The van der Waals surface area contributed by atoms with Crippen LogP contribution in [0.4, 0.5) is 0 Å². The highest BCUT2D eigenvalue weighted by molar-refractivity contribution is 6.30. The summed E-state index contributed by atoms with van der Waals surface area (Å²) in [5, 5.41) is 3.70. The minimum Gasteiger partial charge on any atom is -0.352 e. The van der Waals surface area contributed by atoms with Gasteiger partial charge in [0.05, 0.1) is 0 Å². The Labute approximate surface area is 198 Å². The van der Waals surface area contributed by atoms with Crippen LogP contribution in [0.15, 0.2) is 48.5 Å². The third-order valence-corrected chi connectivity index (χ3v) is 6.18. The molecule has 2 rings (SSSR count). The summed E-state index contributed by atoms with van der Waals surface area (Å²) in [6, 6.07) is 15.5. The van der Waals surface area contributed by atoms with Crippen molar-refractivity contribution in [1.82, 2.24) is 10.2 Å². The Morgan fingerprint density at radius 2 is 1.50 bits per heavy atom. The number of hydrogen-bond acceptors (Lipinski definition) is 2. The lowest BCUT2D eigenvalue weighted by molar-refractivity contribution is -0.141. The first kappa shape index (κ1) is 25.9. The average molecular weight is 457 g/mol. The van der Waals surface area contributed by atoms with E-state index in [2.05, 4.69) is 43.4 Å². The molecule has 32 heavy (non-hydrogen) atoms. The van der Waals surface area contributed by atoms with Gasteiger partial charge in [0.25, 0.3) is 0 Å². The van der Waals surface area contributed by atoms with Gasteiger partial charge in [-0.2, -0.15) is 0 Å². The molecule has 5 heteroatoms. The lowest BCUT2D eigenvalue weighted by Gasteiger charge is -2.31. The monoisotopic (exact) mass is 456 g/mol. The lowest BCUT2D eigenvalue weighted by atomic mass is 10.00. The number of aryl methyl sites for hydroxylation is 1. The molecule has 0 radical (unpaired) electrons. The first-order chi connectivity index (χ1) is 15.2. The largest absolute Gasteiger partial charge is 0.352 e. The number of carbonyl (C=O) groups is 2. The normalized spacial score (nSPS) is 13.0. The Morgan fingerprint density at radius 1 is 0.906 bits per heavy atom. The van der Waals surface area contributed by atoms with E-state index in [9.17, 15) is 9.59 Å². The van der Waals surface area contributed by atoms with Gasteiger partial charge in [-0.3, -0.25) is 9.59 Å². The molecule has 0 aliphatic heterocycles. The molecule has 0 heterocycles. The highest BCUT2D eigenvalue weighted by Crippen LogP contribution is 2.19. The number of nitrogens with zero attached hydrogens (tertiary/aromatic N) is 1. The topological polar surface area (TPSA) is 49.4 Å². The van der Waals surface area contributed by atoms with Crippen molar-refractivity contribution in [2.45, 2.75) is 84.8 Å². The molecule has 1 N–H and O–H groups in total. The maximum Gasteiger partial charge on any atom is 0.243 e. The zero-order valence-electron chi connectivity index (χ0n) is 20.0. The van der Waals surface area contributed by atoms with Crippen molar-refractivity contribution in [1.29, 1.82) is 0 Å². The number of carbonyl (C=O) groups excluding carboxylic acids is 2. The zero-order valence-corrected chi connectivity index (χ0v) is 20.8. The maximum atomic E-state index is 13.3. The molecule has 0 aromatic heterocycles. The molecule has 0 fully saturated rings. The minimum absolute atomic E-state index is 0.0148. The Kier molecular flexibility index (Phi) is 10.2. The molecule has 2 aromatic rings. The Balaban J connectivity index is 2.18. The fourth-order valence-corrected chi connectivity index (χ4v) is 3.74. The second-order valence-corrected chi connectivity index (χ2v) is 9.22. The summed E-state index contributed by atoms with van der Waals surface area (Å²) in [4.78, 5) is 28.1. The van der Waals surface area contributed by atoms with Crippen molar-refractivity contribution >= 4 is 23.4 Å². The summed E-state index contributed by atoms with van der Waals surface area (Å²) in [5.41, 5.74) is 3.38. The zero-order chi connectivity index (χ0) is 23.7. The van der Waals surface area contributed by atoms with Gasteiger partial charge >= 0.3 is 0 Å². The van der Waals surface area contributed by atoms with Crippen molar-refractivity contribution in [3.8, 4) is 0 Å². The fourth-order valence-electron chi connectivity index (χ4n) is 3.61. The second kappa shape index (κ2) is 12.6. The van der Waals surface area contributed by atoms with Gasteiger partial charge in [-0.15, -0.1) is 0 Å². The van der Waals surface area contributed by atoms with Crippen molar-refractivity contribution in [3.63, 3.8) is 0 Å². The van der Waals surface area contributed by atoms with Gasteiger partial charge in [-0.05, 0) is 60.9 Å². The molecule has 2 unspecified atom stereocenters. The van der Waals surface area contributed by atoms with Gasteiger partial charge in [0, 0.05) is 24.0 Å². The van der Waals surface area contributed by atoms with Crippen molar-refractivity contribution < 1.29 is 9.59 Å². The van der Waals surface area contributed by atoms with E-state index >= 15 is 0 Å². The summed E-state index contributed by atoms with van der Waals surface area (Å²) in [5.74, 6) is 0.374. The number of halogens is 1. The number of benzene rings is 2. The quantitative estimate of drug-likeness (QED) is 0.443. The molecule has 0 aliphatic rings. The number of amides is 2. The molecule has 2 atom stereocenters. The molecule has 0 bridgehead atoms. The van der Waals surface area contributed by atoms with Crippen LogP contribution in [-0.4, -0.2) is 28.8 Å². The van der Waals surface area contributed by atoms with Crippen LogP contribution in [0.2, 0.25) is 5.02 Å². The maximum absolute atomic E-state index is 13.3. The SMILES string of the molecule is CCC(C)NC(=O)C(CC)N(Cc1ccc(Cl)cc1)C(=O)CCc1ccc(C(C)C)cc1. The molecule has 2 amide bonds. The van der Waals surface area contributed by atoms with Gasteiger partial charge in [-0.25, -0.2) is 0 Å². The fraction of sp³-hybridized carbons (Fsp3) is 0.481. The standard InChI is InChI=1S/C27H37ClN2O2/c1-6-20(5)29-27(32)25(7-2)30(18-22-10-15-24(28)16-11-22)26(31)17-12-21-8-13-23(14-9-21)19(3)4/h8-11,13-16,19-20,25H,6-7,12,17-18H2,1-5H3,(H,29,32). The van der Waals surface area contributed by atoms with Gasteiger partial charge in [0.1, 0.15) is 6.04 Å². The first-order valence-corrected chi connectivity index (χ1v) is 12.1. The van der Waals surface area contributed by atoms with E-state index in [4.69, 9.17) is 11.6 Å². The first-order valence-electron chi connectivity index (χ1n) is 11.7. The van der Waals surface area contributed by atoms with E-state index in [0.29, 0.717) is 36.7 Å². The van der Waals surface area contributed by atoms with Crippen LogP contribution in [0.5, 0.6) is 0 Å². The summed E-state index contributed by atoms with van der Waals surface area (Å²) < 4.78 is 0. The molecule has 4 nitrogen and oxygen atoms in total. The third-order valence-electron chi connectivity index (χ3n) is 5.93. The van der Waals surface area contributed by atoms with Crippen LogP contribution in [0.3, 0.4) is 0 Å². The lowest BCUT2D eigenvalue weighted by Crippen LogP contribution is -2.50. The van der Waals surface area contributed by atoms with Gasteiger partial charge in [0.2, 0.25) is 11.8 Å².